The Morgan fingerprint density at radius 3 is 1.30 bits per heavy atom. The van der Waals surface area contributed by atoms with E-state index < -0.39 is 0 Å². The molecule has 158 valence electrons. The minimum atomic E-state index is 0.916. The number of aromatic nitrogens is 4. The second kappa shape index (κ2) is 12.2. The number of rotatable bonds is 12. The molecule has 3 heterocycles. The van der Waals surface area contributed by atoms with Gasteiger partial charge in [0.05, 0.1) is 23.8 Å². The van der Waals surface area contributed by atoms with Gasteiger partial charge in [-0.2, -0.15) is 0 Å². The van der Waals surface area contributed by atoms with Gasteiger partial charge in [-0.15, -0.1) is 0 Å². The molecule has 0 saturated carbocycles. The zero-order valence-corrected chi connectivity index (χ0v) is 18.6. The predicted octanol–water partition coefficient (Wildman–Crippen LogP) is 5.55. The first-order chi connectivity index (χ1) is 14.8. The molecule has 0 aliphatic heterocycles. The minimum Gasteiger partial charge on any atom is -0.252 e. The van der Waals surface area contributed by atoms with E-state index in [4.69, 9.17) is 0 Å². The zero-order valence-electron chi connectivity index (χ0n) is 18.6. The maximum absolute atomic E-state index is 4.66. The monoisotopic (exact) mass is 404 g/mol. The molecule has 0 N–H and O–H groups in total. The van der Waals surface area contributed by atoms with Crippen LogP contribution in [0.3, 0.4) is 0 Å². The molecule has 0 amide bonds. The summed E-state index contributed by atoms with van der Waals surface area (Å²) in [7, 11) is 0. The van der Waals surface area contributed by atoms with Crippen LogP contribution in [-0.2, 0) is 13.1 Å². The number of nitrogens with zero attached hydrogens (tertiary/aromatic N) is 4. The van der Waals surface area contributed by atoms with E-state index in [1.165, 1.54) is 51.4 Å². The Morgan fingerprint density at radius 2 is 0.967 bits per heavy atom. The normalized spacial score (nSPS) is 11.0. The molecule has 0 aromatic carbocycles. The quantitative estimate of drug-likeness (QED) is 0.293. The molecular formula is C26H36N4+2. The molecule has 0 aliphatic carbocycles. The molecule has 30 heavy (non-hydrogen) atoms. The molecule has 0 fully saturated rings. The van der Waals surface area contributed by atoms with E-state index >= 15 is 0 Å². The van der Waals surface area contributed by atoms with E-state index in [9.17, 15) is 0 Å². The molecule has 0 bridgehead atoms. The molecule has 3 rings (SSSR count). The van der Waals surface area contributed by atoms with E-state index in [2.05, 4.69) is 82.0 Å². The van der Waals surface area contributed by atoms with Crippen molar-refractivity contribution in [1.82, 2.24) is 9.97 Å². The average Bonchev–Trinajstić information content (AvgIpc) is 2.81. The van der Waals surface area contributed by atoms with Crippen LogP contribution in [0.1, 0.15) is 65.2 Å². The molecule has 4 heteroatoms. The number of hydrogen-bond acceptors (Lipinski definition) is 2. The van der Waals surface area contributed by atoms with Crippen LogP contribution in [0.15, 0.2) is 61.4 Å². The highest BCUT2D eigenvalue weighted by molar-refractivity contribution is 5.61. The summed E-state index contributed by atoms with van der Waals surface area (Å²) in [6.45, 7) is 6.66. The lowest BCUT2D eigenvalue weighted by atomic mass is 10.1. The van der Waals surface area contributed by atoms with Crippen molar-refractivity contribution < 1.29 is 9.13 Å². The Labute approximate surface area is 181 Å². The van der Waals surface area contributed by atoms with Crippen molar-refractivity contribution in [3.63, 3.8) is 0 Å². The van der Waals surface area contributed by atoms with Gasteiger partial charge in [0.15, 0.2) is 24.8 Å². The number of hydrogen-bond donors (Lipinski definition) is 0. The molecule has 0 unspecified atom stereocenters. The first-order valence-corrected chi connectivity index (χ1v) is 11.6. The van der Waals surface area contributed by atoms with E-state index in [-0.39, 0.29) is 0 Å². The predicted molar refractivity (Wildman–Crippen MR) is 122 cm³/mol. The lowest BCUT2D eigenvalue weighted by molar-refractivity contribution is -0.697. The average molecular weight is 405 g/mol. The van der Waals surface area contributed by atoms with Crippen LogP contribution in [0.2, 0.25) is 0 Å². The molecule has 0 atom stereocenters. The highest BCUT2D eigenvalue weighted by Gasteiger charge is 2.08. The summed E-state index contributed by atoms with van der Waals surface area (Å²) >= 11 is 0. The highest BCUT2D eigenvalue weighted by atomic mass is 14.9. The molecular weight excluding hydrogens is 368 g/mol. The molecule has 0 aliphatic rings. The van der Waals surface area contributed by atoms with Crippen LogP contribution < -0.4 is 9.13 Å². The fraction of sp³-hybridized carbons (Fsp3) is 0.462. The molecule has 0 saturated heterocycles. The van der Waals surface area contributed by atoms with Gasteiger partial charge in [-0.1, -0.05) is 39.5 Å². The SMILES string of the molecule is CCCCCC[n+]1ccc(-c2cnc(-c3cc[n+](CCCCCC)cc3)cn2)cc1. The zero-order chi connectivity index (χ0) is 21.0. The van der Waals surface area contributed by atoms with Crippen LogP contribution in [0.4, 0.5) is 0 Å². The maximum Gasteiger partial charge on any atom is 0.169 e. The van der Waals surface area contributed by atoms with Gasteiger partial charge in [0.2, 0.25) is 0 Å². The lowest BCUT2D eigenvalue weighted by Gasteiger charge is -2.03. The second-order valence-electron chi connectivity index (χ2n) is 8.06. The van der Waals surface area contributed by atoms with Crippen LogP contribution in [0.25, 0.3) is 22.5 Å². The maximum atomic E-state index is 4.66. The van der Waals surface area contributed by atoms with E-state index in [0.717, 1.165) is 35.6 Å². The summed E-state index contributed by atoms with van der Waals surface area (Å²) in [5, 5.41) is 0. The van der Waals surface area contributed by atoms with E-state index in [1.54, 1.807) is 0 Å². The molecule has 0 spiro atoms. The van der Waals surface area contributed by atoms with Gasteiger partial charge in [0.1, 0.15) is 13.1 Å². The first-order valence-electron chi connectivity index (χ1n) is 11.6. The number of unbranched alkanes of at least 4 members (excludes halogenated alkanes) is 6. The third-order valence-electron chi connectivity index (χ3n) is 5.57. The molecule has 3 aromatic rings. The smallest absolute Gasteiger partial charge is 0.169 e. The molecule has 4 nitrogen and oxygen atoms in total. The van der Waals surface area contributed by atoms with Crippen molar-refractivity contribution in [1.29, 1.82) is 0 Å². The van der Waals surface area contributed by atoms with Gasteiger partial charge in [-0.25, -0.2) is 9.13 Å². The van der Waals surface area contributed by atoms with E-state index in [1.807, 2.05) is 12.4 Å². The molecule has 3 aromatic heterocycles. The fourth-order valence-electron chi connectivity index (χ4n) is 3.62. The Bertz CT molecular complexity index is 781. The van der Waals surface area contributed by atoms with Crippen LogP contribution in [-0.4, -0.2) is 9.97 Å². The minimum absolute atomic E-state index is 0.916. The summed E-state index contributed by atoms with van der Waals surface area (Å²) in [6.07, 6.45) is 22.6. The summed E-state index contributed by atoms with van der Waals surface area (Å²) < 4.78 is 4.50. The van der Waals surface area contributed by atoms with Crippen molar-refractivity contribution in [2.24, 2.45) is 0 Å². The topological polar surface area (TPSA) is 33.5 Å². The Morgan fingerprint density at radius 1 is 0.567 bits per heavy atom. The summed E-state index contributed by atoms with van der Waals surface area (Å²) in [6, 6.07) is 8.53. The lowest BCUT2D eigenvalue weighted by Crippen LogP contribution is -2.32. The Kier molecular flexibility index (Phi) is 8.95. The van der Waals surface area contributed by atoms with Gasteiger partial charge in [0.25, 0.3) is 0 Å². The third kappa shape index (κ3) is 6.72. The second-order valence-corrected chi connectivity index (χ2v) is 8.06. The number of pyridine rings is 2. The van der Waals surface area contributed by atoms with Crippen molar-refractivity contribution in [3.05, 3.63) is 61.4 Å². The largest absolute Gasteiger partial charge is 0.252 e. The van der Waals surface area contributed by atoms with Gasteiger partial charge in [-0.05, 0) is 12.8 Å². The highest BCUT2D eigenvalue weighted by Crippen LogP contribution is 2.18. The standard InChI is InChI=1S/C26H36N4/c1-3-5-7-9-15-29-17-11-23(12-18-29)25-21-28-26(22-27-25)24-13-19-30(20-14-24)16-10-8-6-4-2/h11-14,17-22H,3-10,15-16H2,1-2H3/q+2. The summed E-state index contributed by atoms with van der Waals surface area (Å²) in [5.41, 5.74) is 4.05. The van der Waals surface area contributed by atoms with Gasteiger partial charge < -0.3 is 0 Å². The van der Waals surface area contributed by atoms with E-state index in [0.29, 0.717) is 0 Å². The van der Waals surface area contributed by atoms with Crippen molar-refractivity contribution in [3.8, 4) is 22.5 Å². The Balaban J connectivity index is 1.56. The van der Waals surface area contributed by atoms with Gasteiger partial charge >= 0.3 is 0 Å². The van der Waals surface area contributed by atoms with Crippen molar-refractivity contribution in [2.75, 3.05) is 0 Å². The Hall–Kier alpha value is -2.62. The summed E-state index contributed by atoms with van der Waals surface area (Å²) in [5.74, 6) is 0. The van der Waals surface area contributed by atoms with Gasteiger partial charge in [-0.3, -0.25) is 9.97 Å². The van der Waals surface area contributed by atoms with Crippen LogP contribution in [0.5, 0.6) is 0 Å². The number of aryl methyl sites for hydroxylation is 2. The molecule has 0 radical (unpaired) electrons. The van der Waals surface area contributed by atoms with Gasteiger partial charge in [0, 0.05) is 48.2 Å². The first kappa shape index (κ1) is 22.1. The summed E-state index contributed by atoms with van der Waals surface area (Å²) in [4.78, 5) is 9.31. The fourth-order valence-corrected chi connectivity index (χ4v) is 3.62. The van der Waals surface area contributed by atoms with Crippen molar-refractivity contribution in [2.45, 2.75) is 78.3 Å². The third-order valence-corrected chi connectivity index (χ3v) is 5.57. The van der Waals surface area contributed by atoms with Crippen LogP contribution in [0, 0.1) is 0 Å². The van der Waals surface area contributed by atoms with Crippen LogP contribution >= 0.6 is 0 Å². The van der Waals surface area contributed by atoms with Crippen molar-refractivity contribution >= 4 is 0 Å².